The molecule has 1 rings (SSSR count). The van der Waals surface area contributed by atoms with Crippen molar-refractivity contribution in [1.29, 1.82) is 0 Å². The summed E-state index contributed by atoms with van der Waals surface area (Å²) in [6.07, 6.45) is 0.716. The normalized spacial score (nSPS) is 11.8. The molecule has 0 heterocycles. The molecule has 0 aliphatic carbocycles. The highest BCUT2D eigenvalue weighted by Gasteiger charge is 2.24. The zero-order chi connectivity index (χ0) is 18.8. The Kier molecular flexibility index (Phi) is 8.77. The van der Waals surface area contributed by atoms with Gasteiger partial charge in [0, 0.05) is 31.9 Å². The fraction of sp³-hybridized carbons (Fsp3) is 0.556. The number of ether oxygens (including phenoxy) is 3. The molecule has 0 unspecified atom stereocenters. The van der Waals surface area contributed by atoms with E-state index < -0.39 is 6.04 Å². The molecule has 1 aromatic rings. The van der Waals surface area contributed by atoms with Gasteiger partial charge in [-0.3, -0.25) is 9.59 Å². The molecule has 0 fully saturated rings. The van der Waals surface area contributed by atoms with Crippen molar-refractivity contribution in [2.75, 3.05) is 34.5 Å². The maximum atomic E-state index is 12.6. The molecule has 25 heavy (non-hydrogen) atoms. The van der Waals surface area contributed by atoms with E-state index in [1.807, 2.05) is 13.8 Å². The summed E-state index contributed by atoms with van der Waals surface area (Å²) in [5, 5.41) is 5.60. The van der Waals surface area contributed by atoms with Crippen LogP contribution in [0.15, 0.2) is 18.2 Å². The number of nitrogens with one attached hydrogen (secondary N) is 2. The highest BCUT2D eigenvalue weighted by Crippen LogP contribution is 2.22. The standard InChI is InChI=1S/C18H28N2O5/c1-12(2)16(18(22)19-7-6-8-23-3)20-17(21)13-9-14(24-4)11-15(10-13)25-5/h9-12,16H,6-8H2,1-5H3,(H,19,22)(H,20,21)/t16-/m0/s1. The third-order valence-corrected chi connectivity index (χ3v) is 3.67. The van der Waals surface area contributed by atoms with E-state index >= 15 is 0 Å². The summed E-state index contributed by atoms with van der Waals surface area (Å²) in [7, 11) is 4.64. The minimum absolute atomic E-state index is 0.0566. The van der Waals surface area contributed by atoms with Gasteiger partial charge in [-0.25, -0.2) is 0 Å². The Hall–Kier alpha value is -2.28. The van der Waals surface area contributed by atoms with Crippen LogP contribution in [0.4, 0.5) is 0 Å². The van der Waals surface area contributed by atoms with E-state index in [2.05, 4.69) is 10.6 Å². The van der Waals surface area contributed by atoms with E-state index in [0.29, 0.717) is 36.6 Å². The van der Waals surface area contributed by atoms with Crippen LogP contribution in [0.2, 0.25) is 0 Å². The van der Waals surface area contributed by atoms with Crippen LogP contribution in [0.5, 0.6) is 11.5 Å². The second-order valence-corrected chi connectivity index (χ2v) is 5.93. The van der Waals surface area contributed by atoms with Gasteiger partial charge < -0.3 is 24.8 Å². The topological polar surface area (TPSA) is 85.9 Å². The number of methoxy groups -OCH3 is 3. The molecule has 0 bridgehead atoms. The zero-order valence-corrected chi connectivity index (χ0v) is 15.5. The summed E-state index contributed by atoms with van der Waals surface area (Å²) >= 11 is 0. The van der Waals surface area contributed by atoms with Crippen molar-refractivity contribution in [1.82, 2.24) is 10.6 Å². The second kappa shape index (κ2) is 10.6. The molecule has 7 nitrogen and oxygen atoms in total. The summed E-state index contributed by atoms with van der Waals surface area (Å²) in [5.41, 5.74) is 0.369. The number of rotatable bonds is 10. The summed E-state index contributed by atoms with van der Waals surface area (Å²) in [6.45, 7) is 4.83. The lowest BCUT2D eigenvalue weighted by Crippen LogP contribution is -2.50. The molecule has 0 saturated heterocycles. The van der Waals surface area contributed by atoms with E-state index in [9.17, 15) is 9.59 Å². The highest BCUT2D eigenvalue weighted by molar-refractivity contribution is 5.98. The molecule has 0 aliphatic rings. The maximum absolute atomic E-state index is 12.6. The lowest BCUT2D eigenvalue weighted by atomic mass is 10.0. The Morgan fingerprint density at radius 3 is 2.12 bits per heavy atom. The Morgan fingerprint density at radius 2 is 1.64 bits per heavy atom. The van der Waals surface area contributed by atoms with E-state index in [0.717, 1.165) is 0 Å². The molecular weight excluding hydrogens is 324 g/mol. The lowest BCUT2D eigenvalue weighted by Gasteiger charge is -2.22. The molecule has 140 valence electrons. The monoisotopic (exact) mass is 352 g/mol. The van der Waals surface area contributed by atoms with Gasteiger partial charge in [0.15, 0.2) is 0 Å². The van der Waals surface area contributed by atoms with Crippen molar-refractivity contribution in [2.45, 2.75) is 26.3 Å². The molecule has 7 heteroatoms. The van der Waals surface area contributed by atoms with Crippen LogP contribution in [0.3, 0.4) is 0 Å². The number of carbonyl (C=O) groups excluding carboxylic acids is 2. The average molecular weight is 352 g/mol. The van der Waals surface area contributed by atoms with Gasteiger partial charge in [-0.05, 0) is 24.5 Å². The number of hydrogen-bond acceptors (Lipinski definition) is 5. The van der Waals surface area contributed by atoms with Crippen molar-refractivity contribution >= 4 is 11.8 Å². The number of hydrogen-bond donors (Lipinski definition) is 2. The molecular formula is C18H28N2O5. The van der Waals surface area contributed by atoms with E-state index in [1.54, 1.807) is 25.3 Å². The van der Waals surface area contributed by atoms with Gasteiger partial charge >= 0.3 is 0 Å². The molecule has 0 aromatic heterocycles. The van der Waals surface area contributed by atoms with Gasteiger partial charge in [-0.15, -0.1) is 0 Å². The third-order valence-electron chi connectivity index (χ3n) is 3.67. The Bertz CT molecular complexity index is 552. The number of carbonyl (C=O) groups is 2. The molecule has 1 atom stereocenters. The number of amides is 2. The predicted molar refractivity (Wildman–Crippen MR) is 95.1 cm³/mol. The Morgan fingerprint density at radius 1 is 1.04 bits per heavy atom. The first-order valence-electron chi connectivity index (χ1n) is 8.23. The van der Waals surface area contributed by atoms with Gasteiger partial charge in [0.05, 0.1) is 14.2 Å². The molecule has 2 N–H and O–H groups in total. The zero-order valence-electron chi connectivity index (χ0n) is 15.5. The Labute approximate surface area is 149 Å². The smallest absolute Gasteiger partial charge is 0.252 e. The fourth-order valence-electron chi connectivity index (χ4n) is 2.24. The summed E-state index contributed by atoms with van der Waals surface area (Å²) in [4.78, 5) is 24.9. The van der Waals surface area contributed by atoms with E-state index in [-0.39, 0.29) is 17.7 Å². The first-order chi connectivity index (χ1) is 11.9. The van der Waals surface area contributed by atoms with Gasteiger partial charge in [0.25, 0.3) is 5.91 Å². The van der Waals surface area contributed by atoms with Crippen molar-refractivity contribution in [3.05, 3.63) is 23.8 Å². The van der Waals surface area contributed by atoms with E-state index in [4.69, 9.17) is 14.2 Å². The fourth-order valence-corrected chi connectivity index (χ4v) is 2.24. The first kappa shape index (κ1) is 20.8. The van der Waals surface area contributed by atoms with Gasteiger partial charge in [0.1, 0.15) is 17.5 Å². The average Bonchev–Trinajstić information content (AvgIpc) is 2.61. The largest absolute Gasteiger partial charge is 0.497 e. The molecule has 0 radical (unpaired) electrons. The van der Waals surface area contributed by atoms with Crippen molar-refractivity contribution < 1.29 is 23.8 Å². The second-order valence-electron chi connectivity index (χ2n) is 5.93. The van der Waals surface area contributed by atoms with Crippen LogP contribution < -0.4 is 20.1 Å². The van der Waals surface area contributed by atoms with Crippen molar-refractivity contribution in [3.8, 4) is 11.5 Å². The van der Waals surface area contributed by atoms with Gasteiger partial charge in [-0.1, -0.05) is 13.8 Å². The quantitative estimate of drug-likeness (QED) is 0.625. The minimum atomic E-state index is -0.632. The van der Waals surface area contributed by atoms with Crippen LogP contribution in [0.1, 0.15) is 30.6 Å². The van der Waals surface area contributed by atoms with E-state index in [1.165, 1.54) is 14.2 Å². The highest BCUT2D eigenvalue weighted by atomic mass is 16.5. The summed E-state index contributed by atoms with van der Waals surface area (Å²) in [5.74, 6) is 0.389. The molecule has 0 saturated carbocycles. The maximum Gasteiger partial charge on any atom is 0.252 e. The Balaban J connectivity index is 2.80. The minimum Gasteiger partial charge on any atom is -0.497 e. The van der Waals surface area contributed by atoms with Crippen LogP contribution in [0.25, 0.3) is 0 Å². The molecule has 0 spiro atoms. The first-order valence-corrected chi connectivity index (χ1v) is 8.23. The molecule has 1 aromatic carbocycles. The van der Waals surface area contributed by atoms with Crippen LogP contribution in [0, 0.1) is 5.92 Å². The molecule has 2 amide bonds. The van der Waals surface area contributed by atoms with Gasteiger partial charge in [0.2, 0.25) is 5.91 Å². The van der Waals surface area contributed by atoms with Gasteiger partial charge in [-0.2, -0.15) is 0 Å². The summed E-state index contributed by atoms with van der Waals surface area (Å²) in [6, 6.07) is 4.25. The van der Waals surface area contributed by atoms with Crippen LogP contribution in [-0.2, 0) is 9.53 Å². The summed E-state index contributed by atoms with van der Waals surface area (Å²) < 4.78 is 15.3. The van der Waals surface area contributed by atoms with Crippen molar-refractivity contribution in [3.63, 3.8) is 0 Å². The van der Waals surface area contributed by atoms with Crippen LogP contribution in [-0.4, -0.2) is 52.3 Å². The predicted octanol–water partition coefficient (Wildman–Crippen LogP) is 1.61. The lowest BCUT2D eigenvalue weighted by molar-refractivity contribution is -0.123. The van der Waals surface area contributed by atoms with Crippen molar-refractivity contribution in [2.24, 2.45) is 5.92 Å². The molecule has 0 aliphatic heterocycles. The number of benzene rings is 1. The van der Waals surface area contributed by atoms with Crippen LogP contribution >= 0.6 is 0 Å². The SMILES string of the molecule is COCCCNC(=O)[C@@H](NC(=O)c1cc(OC)cc(OC)c1)C(C)C. The third kappa shape index (κ3) is 6.62.